The molecule has 3 rings (SSSR count). The molecule has 1 unspecified atom stereocenters. The normalized spacial score (nSPS) is 23.0. The maximum atomic E-state index is 5.65. The zero-order valence-corrected chi connectivity index (χ0v) is 10.4. The molecule has 1 aromatic rings. The van der Waals surface area contributed by atoms with E-state index in [4.69, 9.17) is 4.74 Å². The number of fused-ring (bicyclic) bond motifs is 1. The molecule has 0 aliphatic carbocycles. The molecule has 2 aliphatic heterocycles. The van der Waals surface area contributed by atoms with Crippen molar-refractivity contribution in [1.82, 2.24) is 5.32 Å². The Balaban J connectivity index is 1.82. The maximum absolute atomic E-state index is 5.65. The van der Waals surface area contributed by atoms with Gasteiger partial charge in [0.05, 0.1) is 6.61 Å². The Morgan fingerprint density at radius 1 is 1.41 bits per heavy atom. The number of nitrogens with one attached hydrogen (secondary N) is 1. The largest absolute Gasteiger partial charge is 0.493 e. The molecule has 2 heterocycles. The van der Waals surface area contributed by atoms with Gasteiger partial charge >= 0.3 is 0 Å². The Bertz CT molecular complexity index is 399. The number of hydrogen-bond acceptors (Lipinski definition) is 3. The van der Waals surface area contributed by atoms with Crippen LogP contribution in [0.3, 0.4) is 0 Å². The molecule has 92 valence electrons. The fourth-order valence-electron chi connectivity index (χ4n) is 2.75. The van der Waals surface area contributed by atoms with E-state index < -0.39 is 0 Å². The Labute approximate surface area is 103 Å². The Morgan fingerprint density at radius 2 is 2.35 bits per heavy atom. The predicted molar refractivity (Wildman–Crippen MR) is 69.9 cm³/mol. The quantitative estimate of drug-likeness (QED) is 0.841. The van der Waals surface area contributed by atoms with Crippen LogP contribution in [-0.4, -0.2) is 32.8 Å². The second-order valence-electron chi connectivity index (χ2n) is 5.00. The van der Waals surface area contributed by atoms with Gasteiger partial charge in [-0.05, 0) is 49.6 Å². The summed E-state index contributed by atoms with van der Waals surface area (Å²) in [6, 6.07) is 7.25. The molecule has 0 amide bonds. The van der Waals surface area contributed by atoms with E-state index in [2.05, 4.69) is 35.5 Å². The van der Waals surface area contributed by atoms with Crippen LogP contribution in [0.15, 0.2) is 18.2 Å². The highest BCUT2D eigenvalue weighted by Gasteiger charge is 2.20. The molecule has 3 nitrogen and oxygen atoms in total. The lowest BCUT2D eigenvalue weighted by atomic mass is 10.0. The van der Waals surface area contributed by atoms with E-state index in [1.807, 2.05) is 0 Å². The molecule has 1 N–H and O–H groups in total. The smallest absolute Gasteiger partial charge is 0.122 e. The van der Waals surface area contributed by atoms with Crippen molar-refractivity contribution in [3.8, 4) is 5.75 Å². The first-order valence-corrected chi connectivity index (χ1v) is 6.54. The van der Waals surface area contributed by atoms with Crippen molar-refractivity contribution >= 4 is 5.69 Å². The minimum atomic E-state index is 0.637. The monoisotopic (exact) mass is 232 g/mol. The predicted octanol–water partition coefficient (Wildman–Crippen LogP) is 1.81. The topological polar surface area (TPSA) is 24.5 Å². The highest BCUT2D eigenvalue weighted by Crippen LogP contribution is 2.29. The SMILES string of the molecule is CN(c1ccc2c(c1)CCCO2)C1CCNC1. The lowest BCUT2D eigenvalue weighted by Crippen LogP contribution is -2.33. The molecule has 1 saturated heterocycles. The van der Waals surface area contributed by atoms with Crippen molar-refractivity contribution in [2.75, 3.05) is 31.6 Å². The van der Waals surface area contributed by atoms with E-state index >= 15 is 0 Å². The molecule has 17 heavy (non-hydrogen) atoms. The van der Waals surface area contributed by atoms with Crippen molar-refractivity contribution < 1.29 is 4.74 Å². The van der Waals surface area contributed by atoms with Crippen molar-refractivity contribution in [3.05, 3.63) is 23.8 Å². The van der Waals surface area contributed by atoms with Crippen molar-refractivity contribution in [2.24, 2.45) is 0 Å². The van der Waals surface area contributed by atoms with Crippen LogP contribution in [0, 0.1) is 0 Å². The lowest BCUT2D eigenvalue weighted by Gasteiger charge is -2.27. The van der Waals surface area contributed by atoms with Gasteiger partial charge < -0.3 is 15.0 Å². The van der Waals surface area contributed by atoms with Gasteiger partial charge in [-0.1, -0.05) is 0 Å². The lowest BCUT2D eigenvalue weighted by molar-refractivity contribution is 0.288. The van der Waals surface area contributed by atoms with Gasteiger partial charge in [-0.25, -0.2) is 0 Å². The first-order chi connectivity index (χ1) is 8.34. The molecular formula is C14H20N2O. The maximum Gasteiger partial charge on any atom is 0.122 e. The fourth-order valence-corrected chi connectivity index (χ4v) is 2.75. The van der Waals surface area contributed by atoms with Crippen molar-refractivity contribution in [2.45, 2.75) is 25.3 Å². The molecule has 0 aromatic heterocycles. The zero-order valence-electron chi connectivity index (χ0n) is 10.4. The van der Waals surface area contributed by atoms with Gasteiger partial charge in [0.2, 0.25) is 0 Å². The first-order valence-electron chi connectivity index (χ1n) is 6.54. The van der Waals surface area contributed by atoms with Crippen LogP contribution in [0.25, 0.3) is 0 Å². The van der Waals surface area contributed by atoms with E-state index in [1.54, 1.807) is 0 Å². The molecule has 0 radical (unpaired) electrons. The number of anilines is 1. The highest BCUT2D eigenvalue weighted by atomic mass is 16.5. The third kappa shape index (κ3) is 2.12. The third-order valence-corrected chi connectivity index (χ3v) is 3.88. The first kappa shape index (κ1) is 10.9. The Kier molecular flexibility index (Phi) is 2.93. The Hall–Kier alpha value is -1.22. The Morgan fingerprint density at radius 3 is 3.18 bits per heavy atom. The van der Waals surface area contributed by atoms with Crippen LogP contribution < -0.4 is 15.0 Å². The molecule has 0 saturated carbocycles. The number of ether oxygens (including phenoxy) is 1. The van der Waals surface area contributed by atoms with E-state index in [0.717, 1.165) is 38.3 Å². The van der Waals surface area contributed by atoms with Gasteiger partial charge in [-0.15, -0.1) is 0 Å². The number of benzene rings is 1. The minimum Gasteiger partial charge on any atom is -0.493 e. The molecule has 0 spiro atoms. The summed E-state index contributed by atoms with van der Waals surface area (Å²) in [5.74, 6) is 1.08. The summed E-state index contributed by atoms with van der Waals surface area (Å²) in [6.07, 6.45) is 3.54. The summed E-state index contributed by atoms with van der Waals surface area (Å²) in [5.41, 5.74) is 2.69. The highest BCUT2D eigenvalue weighted by molar-refractivity contribution is 5.54. The second kappa shape index (κ2) is 4.57. The molecule has 2 aliphatic rings. The summed E-state index contributed by atoms with van der Waals surface area (Å²) in [4.78, 5) is 2.40. The van der Waals surface area contributed by atoms with E-state index in [0.29, 0.717) is 6.04 Å². The van der Waals surface area contributed by atoms with Crippen LogP contribution in [0.1, 0.15) is 18.4 Å². The average molecular weight is 232 g/mol. The van der Waals surface area contributed by atoms with E-state index in [1.165, 1.54) is 17.7 Å². The van der Waals surface area contributed by atoms with E-state index in [-0.39, 0.29) is 0 Å². The van der Waals surface area contributed by atoms with Gasteiger partial charge in [0.1, 0.15) is 5.75 Å². The summed E-state index contributed by atoms with van der Waals surface area (Å²) in [5, 5.41) is 3.42. The van der Waals surface area contributed by atoms with Crippen molar-refractivity contribution in [3.63, 3.8) is 0 Å². The van der Waals surface area contributed by atoms with Gasteiger partial charge in [0.15, 0.2) is 0 Å². The molecule has 3 heteroatoms. The van der Waals surface area contributed by atoms with Gasteiger partial charge in [0, 0.05) is 25.3 Å². The number of likely N-dealkylation sites (N-methyl/N-ethyl adjacent to an activating group) is 1. The number of rotatable bonds is 2. The minimum absolute atomic E-state index is 0.637. The van der Waals surface area contributed by atoms with Gasteiger partial charge in [-0.2, -0.15) is 0 Å². The van der Waals surface area contributed by atoms with Crippen LogP contribution >= 0.6 is 0 Å². The summed E-state index contributed by atoms with van der Waals surface area (Å²) in [7, 11) is 2.20. The van der Waals surface area contributed by atoms with Crippen LogP contribution in [0.5, 0.6) is 5.75 Å². The average Bonchev–Trinajstić information content (AvgIpc) is 2.91. The van der Waals surface area contributed by atoms with Crippen LogP contribution in [0.4, 0.5) is 5.69 Å². The summed E-state index contributed by atoms with van der Waals surface area (Å²) >= 11 is 0. The van der Waals surface area contributed by atoms with E-state index in [9.17, 15) is 0 Å². The number of aryl methyl sites for hydroxylation is 1. The van der Waals surface area contributed by atoms with Crippen LogP contribution in [0.2, 0.25) is 0 Å². The standard InChI is InChI=1S/C14H20N2O/c1-16(13-6-7-15-10-13)12-4-5-14-11(9-12)3-2-8-17-14/h4-5,9,13,15H,2-3,6-8,10H2,1H3. The van der Waals surface area contributed by atoms with Crippen LogP contribution in [-0.2, 0) is 6.42 Å². The molecule has 1 fully saturated rings. The zero-order chi connectivity index (χ0) is 11.7. The second-order valence-corrected chi connectivity index (χ2v) is 5.00. The van der Waals surface area contributed by atoms with Crippen molar-refractivity contribution in [1.29, 1.82) is 0 Å². The molecule has 1 atom stereocenters. The molecular weight excluding hydrogens is 212 g/mol. The molecule has 1 aromatic carbocycles. The summed E-state index contributed by atoms with van der Waals surface area (Å²) < 4.78 is 5.65. The third-order valence-electron chi connectivity index (χ3n) is 3.88. The fraction of sp³-hybridized carbons (Fsp3) is 0.571. The van der Waals surface area contributed by atoms with Gasteiger partial charge in [0.25, 0.3) is 0 Å². The number of hydrogen-bond donors (Lipinski definition) is 1. The van der Waals surface area contributed by atoms with Gasteiger partial charge in [-0.3, -0.25) is 0 Å². The number of nitrogens with zero attached hydrogens (tertiary/aromatic N) is 1. The molecule has 0 bridgehead atoms. The summed E-state index contributed by atoms with van der Waals surface area (Å²) in [6.45, 7) is 3.11.